The lowest BCUT2D eigenvalue weighted by Gasteiger charge is -2.15. The van der Waals surface area contributed by atoms with Crippen molar-refractivity contribution < 1.29 is 22.0 Å². The van der Waals surface area contributed by atoms with E-state index in [1.807, 2.05) is 0 Å². The minimum atomic E-state index is -4.84. The van der Waals surface area contributed by atoms with Gasteiger partial charge < -0.3 is 5.73 Å². The average molecular weight is 265 g/mol. The zero-order valence-corrected chi connectivity index (χ0v) is 8.93. The molecule has 0 bridgehead atoms. The van der Waals surface area contributed by atoms with Gasteiger partial charge in [0, 0.05) is 12.1 Å². The van der Waals surface area contributed by atoms with E-state index < -0.39 is 42.4 Å². The van der Waals surface area contributed by atoms with E-state index in [0.717, 1.165) is 0 Å². The molecule has 0 fully saturated rings. The van der Waals surface area contributed by atoms with Crippen molar-refractivity contribution in [3.8, 4) is 6.07 Å². The van der Waals surface area contributed by atoms with E-state index in [4.69, 9.17) is 11.0 Å². The zero-order chi connectivity index (χ0) is 13.9. The molecule has 1 aromatic heterocycles. The van der Waals surface area contributed by atoms with Gasteiger partial charge in [0.2, 0.25) is 0 Å². The maximum atomic E-state index is 12.6. The van der Waals surface area contributed by atoms with E-state index in [9.17, 15) is 22.0 Å². The predicted octanol–water partition coefficient (Wildman–Crippen LogP) is 2.56. The van der Waals surface area contributed by atoms with Crippen LogP contribution in [0.3, 0.4) is 0 Å². The SMILES string of the molecule is N#CCc1nc(CN)c(C(F)F)cc1C(F)(F)F. The molecule has 0 unspecified atom stereocenters. The topological polar surface area (TPSA) is 62.7 Å². The van der Waals surface area contributed by atoms with Crippen molar-refractivity contribution in [3.05, 3.63) is 28.6 Å². The Bertz CT molecular complexity index is 476. The number of hydrogen-bond donors (Lipinski definition) is 1. The van der Waals surface area contributed by atoms with Crippen molar-refractivity contribution in [1.82, 2.24) is 4.98 Å². The quantitative estimate of drug-likeness (QED) is 0.854. The molecule has 0 radical (unpaired) electrons. The fourth-order valence-electron chi connectivity index (χ4n) is 1.42. The molecular weight excluding hydrogens is 257 g/mol. The smallest absolute Gasteiger partial charge is 0.325 e. The number of aromatic nitrogens is 1. The zero-order valence-electron chi connectivity index (χ0n) is 8.93. The monoisotopic (exact) mass is 265 g/mol. The van der Waals surface area contributed by atoms with Gasteiger partial charge in [-0.25, -0.2) is 8.78 Å². The standard InChI is InChI=1S/C10H8F5N3/c11-9(12)5-3-6(10(13,14)15)7(1-2-16)18-8(5)4-17/h3,9H,1,4,17H2. The van der Waals surface area contributed by atoms with Crippen molar-refractivity contribution in [1.29, 1.82) is 5.26 Å². The number of halogens is 5. The van der Waals surface area contributed by atoms with Gasteiger partial charge in [0.05, 0.1) is 29.4 Å². The molecule has 3 nitrogen and oxygen atoms in total. The molecule has 0 aliphatic heterocycles. The van der Waals surface area contributed by atoms with Crippen LogP contribution in [-0.4, -0.2) is 4.98 Å². The van der Waals surface area contributed by atoms with Crippen molar-refractivity contribution in [2.24, 2.45) is 5.73 Å². The van der Waals surface area contributed by atoms with Gasteiger partial charge in [0.1, 0.15) is 0 Å². The molecule has 0 spiro atoms. The average Bonchev–Trinajstić information content (AvgIpc) is 2.26. The molecule has 18 heavy (non-hydrogen) atoms. The molecule has 1 aromatic rings. The number of nitriles is 1. The van der Waals surface area contributed by atoms with Crippen LogP contribution >= 0.6 is 0 Å². The van der Waals surface area contributed by atoms with Gasteiger partial charge in [-0.15, -0.1) is 0 Å². The molecular formula is C10H8F5N3. The van der Waals surface area contributed by atoms with E-state index in [-0.39, 0.29) is 5.69 Å². The Labute approximate surface area is 99.0 Å². The molecule has 0 aromatic carbocycles. The fourth-order valence-corrected chi connectivity index (χ4v) is 1.42. The Balaban J connectivity index is 3.48. The van der Waals surface area contributed by atoms with Crippen LogP contribution in [0.4, 0.5) is 22.0 Å². The number of alkyl halides is 5. The summed E-state index contributed by atoms with van der Waals surface area (Å²) in [5.41, 5.74) is 2.06. The van der Waals surface area contributed by atoms with E-state index >= 15 is 0 Å². The molecule has 98 valence electrons. The maximum Gasteiger partial charge on any atom is 0.418 e. The van der Waals surface area contributed by atoms with Crippen LogP contribution in [0.1, 0.15) is 28.9 Å². The first-order chi connectivity index (χ1) is 8.31. The van der Waals surface area contributed by atoms with Crippen LogP contribution in [0.2, 0.25) is 0 Å². The van der Waals surface area contributed by atoms with E-state index in [0.29, 0.717) is 6.07 Å². The number of pyridine rings is 1. The van der Waals surface area contributed by atoms with Gasteiger partial charge in [0.25, 0.3) is 6.43 Å². The maximum absolute atomic E-state index is 12.6. The Hall–Kier alpha value is -1.75. The third-order valence-corrected chi connectivity index (χ3v) is 2.19. The first kappa shape index (κ1) is 14.3. The normalized spacial score (nSPS) is 11.7. The molecule has 0 atom stereocenters. The molecule has 0 amide bonds. The molecule has 1 heterocycles. The van der Waals surface area contributed by atoms with E-state index in [2.05, 4.69) is 4.98 Å². The summed E-state index contributed by atoms with van der Waals surface area (Å²) in [5.74, 6) is 0. The summed E-state index contributed by atoms with van der Waals surface area (Å²) in [7, 11) is 0. The highest BCUT2D eigenvalue weighted by molar-refractivity contribution is 5.34. The second-order valence-corrected chi connectivity index (χ2v) is 3.36. The van der Waals surface area contributed by atoms with Crippen molar-refractivity contribution in [3.63, 3.8) is 0 Å². The van der Waals surface area contributed by atoms with Gasteiger partial charge in [-0.2, -0.15) is 18.4 Å². The van der Waals surface area contributed by atoms with Gasteiger partial charge in [-0.05, 0) is 6.07 Å². The van der Waals surface area contributed by atoms with Gasteiger partial charge in [0.15, 0.2) is 0 Å². The van der Waals surface area contributed by atoms with Gasteiger partial charge >= 0.3 is 6.18 Å². The van der Waals surface area contributed by atoms with Crippen LogP contribution in [0.5, 0.6) is 0 Å². The number of nitrogens with two attached hydrogens (primary N) is 1. The van der Waals surface area contributed by atoms with E-state index in [1.165, 1.54) is 6.07 Å². The van der Waals surface area contributed by atoms with Crippen LogP contribution < -0.4 is 5.73 Å². The summed E-state index contributed by atoms with van der Waals surface area (Å²) in [6.45, 7) is -0.420. The summed E-state index contributed by atoms with van der Waals surface area (Å²) in [5, 5.41) is 8.42. The Kier molecular flexibility index (Phi) is 4.19. The molecule has 8 heteroatoms. The van der Waals surface area contributed by atoms with E-state index in [1.54, 1.807) is 0 Å². The minimum Gasteiger partial charge on any atom is -0.325 e. The van der Waals surface area contributed by atoms with Gasteiger partial charge in [-0.1, -0.05) is 0 Å². The lowest BCUT2D eigenvalue weighted by atomic mass is 10.1. The number of nitrogens with zero attached hydrogens (tertiary/aromatic N) is 2. The minimum absolute atomic E-state index is 0.312. The van der Waals surface area contributed by atoms with Crippen LogP contribution in [0, 0.1) is 11.3 Å². The summed E-state index contributed by atoms with van der Waals surface area (Å²) < 4.78 is 63.0. The number of hydrogen-bond acceptors (Lipinski definition) is 3. The first-order valence-corrected chi connectivity index (χ1v) is 4.76. The second-order valence-electron chi connectivity index (χ2n) is 3.36. The third-order valence-electron chi connectivity index (χ3n) is 2.19. The van der Waals surface area contributed by atoms with Crippen LogP contribution in [-0.2, 0) is 19.1 Å². The molecule has 0 saturated heterocycles. The largest absolute Gasteiger partial charge is 0.418 e. The van der Waals surface area contributed by atoms with Crippen molar-refractivity contribution >= 4 is 0 Å². The molecule has 1 rings (SSSR count). The lowest BCUT2D eigenvalue weighted by Crippen LogP contribution is -2.16. The molecule has 0 aliphatic carbocycles. The summed E-state index contributed by atoms with van der Waals surface area (Å²) in [4.78, 5) is 3.42. The lowest BCUT2D eigenvalue weighted by molar-refractivity contribution is -0.138. The summed E-state index contributed by atoms with van der Waals surface area (Å²) in [6.07, 6.45) is -8.56. The molecule has 0 saturated carbocycles. The molecule has 2 N–H and O–H groups in total. The Morgan fingerprint density at radius 1 is 1.33 bits per heavy atom. The Morgan fingerprint density at radius 3 is 2.33 bits per heavy atom. The summed E-state index contributed by atoms with van der Waals surface area (Å²) in [6, 6.07) is 1.82. The predicted molar refractivity (Wildman–Crippen MR) is 51.4 cm³/mol. The van der Waals surface area contributed by atoms with Crippen molar-refractivity contribution in [2.45, 2.75) is 25.6 Å². The van der Waals surface area contributed by atoms with Gasteiger partial charge in [-0.3, -0.25) is 4.98 Å². The second kappa shape index (κ2) is 5.27. The van der Waals surface area contributed by atoms with Crippen LogP contribution in [0.15, 0.2) is 6.07 Å². The van der Waals surface area contributed by atoms with Crippen molar-refractivity contribution in [2.75, 3.05) is 0 Å². The highest BCUT2D eigenvalue weighted by atomic mass is 19.4. The highest BCUT2D eigenvalue weighted by Crippen LogP contribution is 2.35. The fraction of sp³-hybridized carbons (Fsp3) is 0.400. The highest BCUT2D eigenvalue weighted by Gasteiger charge is 2.35. The van der Waals surface area contributed by atoms with Crippen LogP contribution in [0.25, 0.3) is 0 Å². The summed E-state index contributed by atoms with van der Waals surface area (Å²) >= 11 is 0. The third kappa shape index (κ3) is 2.92. The number of rotatable bonds is 3. The first-order valence-electron chi connectivity index (χ1n) is 4.76. The Morgan fingerprint density at radius 2 is 1.94 bits per heavy atom. The molecule has 0 aliphatic rings.